The van der Waals surface area contributed by atoms with E-state index in [-0.39, 0.29) is 24.3 Å². The van der Waals surface area contributed by atoms with Gasteiger partial charge >= 0.3 is 12.1 Å². The van der Waals surface area contributed by atoms with Crippen molar-refractivity contribution in [1.29, 1.82) is 0 Å². The van der Waals surface area contributed by atoms with Gasteiger partial charge in [0.1, 0.15) is 35.1 Å². The number of nitrogens with one attached hydrogen (secondary N) is 2. The molecular formula is C33H44N4O8. The van der Waals surface area contributed by atoms with Crippen LogP contribution in [0.1, 0.15) is 65.1 Å². The molecule has 12 heteroatoms. The predicted octanol–water partition coefficient (Wildman–Crippen LogP) is 3.29. The highest BCUT2D eigenvalue weighted by molar-refractivity contribution is 5.95. The standard InChI is InChI=1S/C33H44N4O8/c1-8-18-37(29(41)24(20-26(34)39)36-31(43)45-33(5,6)7)27(22-14-16-23(38)17-15-22)28(40)35-25(30(42)44-32(2,3)4)19-21-12-10-9-11-13-21/h8-17,24-25,27,38H,1,18-20H2,2-7H3,(H2,34,39)(H,35,40)(H,36,43). The van der Waals surface area contributed by atoms with Crippen molar-refractivity contribution in [3.8, 4) is 5.75 Å². The third-order valence-electron chi connectivity index (χ3n) is 6.06. The number of phenolic OH excluding ortho intramolecular Hbond substituents is 1. The van der Waals surface area contributed by atoms with Crippen LogP contribution in [0, 0.1) is 0 Å². The Hall–Kier alpha value is -4.87. The molecule has 3 atom stereocenters. The zero-order chi connectivity index (χ0) is 33.9. The molecule has 0 saturated carbocycles. The van der Waals surface area contributed by atoms with E-state index in [0.717, 1.165) is 10.5 Å². The quantitative estimate of drug-likeness (QED) is 0.194. The van der Waals surface area contributed by atoms with Crippen LogP contribution >= 0.6 is 0 Å². The lowest BCUT2D eigenvalue weighted by molar-refractivity contribution is -0.159. The van der Waals surface area contributed by atoms with E-state index in [2.05, 4.69) is 17.2 Å². The Bertz CT molecular complexity index is 1350. The van der Waals surface area contributed by atoms with Crippen LogP contribution in [-0.2, 0) is 35.1 Å². The van der Waals surface area contributed by atoms with Gasteiger partial charge in [-0.15, -0.1) is 6.58 Å². The summed E-state index contributed by atoms with van der Waals surface area (Å²) in [5.74, 6) is -3.28. The summed E-state index contributed by atoms with van der Waals surface area (Å²) in [6.07, 6.45) is -0.115. The summed E-state index contributed by atoms with van der Waals surface area (Å²) in [6, 6.07) is 10.5. The smallest absolute Gasteiger partial charge is 0.408 e. The molecule has 4 amide bonds. The molecule has 244 valence electrons. The van der Waals surface area contributed by atoms with Crippen LogP contribution in [0.2, 0.25) is 0 Å². The summed E-state index contributed by atoms with van der Waals surface area (Å²) in [5, 5.41) is 15.0. The van der Waals surface area contributed by atoms with Crippen molar-refractivity contribution in [3.63, 3.8) is 0 Å². The van der Waals surface area contributed by atoms with Crippen LogP contribution in [0.15, 0.2) is 67.3 Å². The Morgan fingerprint density at radius 1 is 0.889 bits per heavy atom. The second-order valence-electron chi connectivity index (χ2n) is 12.4. The number of phenols is 1. The number of hydrogen-bond acceptors (Lipinski definition) is 8. The molecule has 0 aliphatic carbocycles. The van der Waals surface area contributed by atoms with Crippen molar-refractivity contribution >= 4 is 29.8 Å². The molecule has 2 rings (SSSR count). The van der Waals surface area contributed by atoms with Gasteiger partial charge in [-0.1, -0.05) is 48.5 Å². The SMILES string of the molecule is C=CCN(C(=O)C(CC(N)=O)NC(=O)OC(C)(C)C)C(C(=O)NC(Cc1ccccc1)C(=O)OC(C)(C)C)c1ccc(O)cc1. The van der Waals surface area contributed by atoms with Gasteiger partial charge in [-0.2, -0.15) is 0 Å². The van der Waals surface area contributed by atoms with Gasteiger partial charge in [0.25, 0.3) is 0 Å². The van der Waals surface area contributed by atoms with E-state index in [4.69, 9.17) is 15.2 Å². The molecule has 0 aliphatic heterocycles. The first-order chi connectivity index (χ1) is 20.9. The summed E-state index contributed by atoms with van der Waals surface area (Å²) in [7, 11) is 0. The van der Waals surface area contributed by atoms with Crippen LogP contribution < -0.4 is 16.4 Å². The molecule has 2 aromatic carbocycles. The molecule has 0 heterocycles. The number of alkyl carbamates (subject to hydrolysis) is 1. The number of carbonyl (C=O) groups excluding carboxylic acids is 5. The highest BCUT2D eigenvalue weighted by Gasteiger charge is 2.38. The summed E-state index contributed by atoms with van der Waals surface area (Å²) in [4.78, 5) is 67.2. The maximum absolute atomic E-state index is 14.2. The molecule has 12 nitrogen and oxygen atoms in total. The zero-order valence-electron chi connectivity index (χ0n) is 26.7. The molecule has 0 aliphatic rings. The molecular weight excluding hydrogens is 580 g/mol. The Balaban J connectivity index is 2.58. The van der Waals surface area contributed by atoms with Gasteiger partial charge < -0.3 is 35.8 Å². The first kappa shape index (κ1) is 36.3. The Morgan fingerprint density at radius 2 is 1.47 bits per heavy atom. The first-order valence-electron chi connectivity index (χ1n) is 14.5. The van der Waals surface area contributed by atoms with Crippen LogP contribution in [0.25, 0.3) is 0 Å². The third kappa shape index (κ3) is 12.3. The Labute approximate surface area is 263 Å². The molecule has 0 fully saturated rings. The maximum Gasteiger partial charge on any atom is 0.408 e. The van der Waals surface area contributed by atoms with Crippen LogP contribution in [0.4, 0.5) is 4.79 Å². The van der Waals surface area contributed by atoms with Gasteiger partial charge in [0, 0.05) is 13.0 Å². The minimum absolute atomic E-state index is 0.0870. The summed E-state index contributed by atoms with van der Waals surface area (Å²) in [6.45, 7) is 13.5. The number of benzene rings is 2. The van der Waals surface area contributed by atoms with E-state index < -0.39 is 65.5 Å². The monoisotopic (exact) mass is 624 g/mol. The Morgan fingerprint density at radius 3 is 1.98 bits per heavy atom. The number of primary amides is 1. The molecule has 0 bridgehead atoms. The molecule has 0 spiro atoms. The lowest BCUT2D eigenvalue weighted by Crippen LogP contribution is -2.55. The van der Waals surface area contributed by atoms with Crippen molar-refractivity contribution in [2.24, 2.45) is 5.73 Å². The molecule has 3 unspecified atom stereocenters. The van der Waals surface area contributed by atoms with Gasteiger partial charge in [0.15, 0.2) is 0 Å². The molecule has 45 heavy (non-hydrogen) atoms. The van der Waals surface area contributed by atoms with E-state index >= 15 is 0 Å². The second-order valence-corrected chi connectivity index (χ2v) is 12.4. The predicted molar refractivity (Wildman–Crippen MR) is 168 cm³/mol. The van der Waals surface area contributed by atoms with E-state index in [0.29, 0.717) is 0 Å². The molecule has 5 N–H and O–H groups in total. The maximum atomic E-state index is 14.2. The summed E-state index contributed by atoms with van der Waals surface area (Å²) >= 11 is 0. The topological polar surface area (TPSA) is 177 Å². The summed E-state index contributed by atoms with van der Waals surface area (Å²) < 4.78 is 10.9. The number of nitrogens with two attached hydrogens (primary N) is 1. The van der Waals surface area contributed by atoms with Crippen molar-refractivity contribution in [3.05, 3.63) is 78.4 Å². The van der Waals surface area contributed by atoms with Crippen molar-refractivity contribution in [2.75, 3.05) is 6.54 Å². The lowest BCUT2D eigenvalue weighted by Gasteiger charge is -2.34. The van der Waals surface area contributed by atoms with Gasteiger partial charge in [-0.05, 0) is 64.8 Å². The van der Waals surface area contributed by atoms with Crippen LogP contribution in [0.5, 0.6) is 5.75 Å². The molecule has 2 aromatic rings. The number of carbonyl (C=O) groups is 5. The van der Waals surface area contributed by atoms with Gasteiger partial charge in [0.2, 0.25) is 17.7 Å². The fourth-order valence-electron chi connectivity index (χ4n) is 4.31. The van der Waals surface area contributed by atoms with E-state index in [1.54, 1.807) is 65.8 Å². The third-order valence-corrected chi connectivity index (χ3v) is 6.06. The van der Waals surface area contributed by atoms with Gasteiger partial charge in [-0.25, -0.2) is 9.59 Å². The lowest BCUT2D eigenvalue weighted by atomic mass is 10.00. The van der Waals surface area contributed by atoms with Crippen molar-refractivity contribution < 1.29 is 38.6 Å². The number of amides is 4. The normalized spacial score (nSPS) is 13.4. The minimum atomic E-state index is -1.50. The number of ether oxygens (including phenoxy) is 2. The molecule has 0 radical (unpaired) electrons. The average Bonchev–Trinajstić information content (AvgIpc) is 2.91. The number of esters is 1. The highest BCUT2D eigenvalue weighted by Crippen LogP contribution is 2.26. The average molecular weight is 625 g/mol. The van der Waals surface area contributed by atoms with E-state index in [9.17, 15) is 29.1 Å². The fraction of sp³-hybridized carbons (Fsp3) is 0.424. The number of rotatable bonds is 13. The minimum Gasteiger partial charge on any atom is -0.508 e. The number of hydrogen-bond donors (Lipinski definition) is 4. The molecule has 0 aromatic heterocycles. The Kier molecular flexibility index (Phi) is 12.7. The van der Waals surface area contributed by atoms with Crippen molar-refractivity contribution in [1.82, 2.24) is 15.5 Å². The van der Waals surface area contributed by atoms with Gasteiger partial charge in [0.05, 0.1) is 6.42 Å². The number of nitrogens with zero attached hydrogens (tertiary/aromatic N) is 1. The van der Waals surface area contributed by atoms with Crippen LogP contribution in [0.3, 0.4) is 0 Å². The van der Waals surface area contributed by atoms with Crippen LogP contribution in [-0.4, -0.2) is 69.6 Å². The van der Waals surface area contributed by atoms with Crippen molar-refractivity contribution in [2.45, 2.75) is 83.7 Å². The second kappa shape index (κ2) is 15.7. The fourth-order valence-corrected chi connectivity index (χ4v) is 4.31. The van der Waals surface area contributed by atoms with Gasteiger partial charge in [-0.3, -0.25) is 14.4 Å². The number of aromatic hydroxyl groups is 1. The highest BCUT2D eigenvalue weighted by atomic mass is 16.6. The summed E-state index contributed by atoms with van der Waals surface area (Å²) in [5.41, 5.74) is 4.66. The first-order valence-corrected chi connectivity index (χ1v) is 14.5. The van der Waals surface area contributed by atoms with E-state index in [1.165, 1.54) is 30.3 Å². The largest absolute Gasteiger partial charge is 0.508 e. The molecule has 0 saturated heterocycles. The van der Waals surface area contributed by atoms with E-state index in [1.807, 2.05) is 6.07 Å². The zero-order valence-corrected chi connectivity index (χ0v) is 26.7.